The minimum Gasteiger partial charge on any atom is -0.863 e. The standard InChI is InChI=1S/C22H14.C6H3N3O7/c1-2-8-16-15(7-1)13-14-21-19-11-4-3-9-17(19)18-10-5-6-12-20(18)22(16)21;10-6-4(8(13)14)1-3(7(11)12)2-5(6)9(15)16/h1-14H;1-2,10H/p-1. The van der Waals surface area contributed by atoms with Crippen LogP contribution in [0.4, 0.5) is 17.1 Å². The van der Waals surface area contributed by atoms with Gasteiger partial charge in [0.1, 0.15) is 0 Å². The van der Waals surface area contributed by atoms with Gasteiger partial charge in [-0.3, -0.25) is 30.3 Å². The highest BCUT2D eigenvalue weighted by Crippen LogP contribution is 2.39. The fourth-order valence-corrected chi connectivity index (χ4v) is 4.64. The quantitative estimate of drug-likeness (QED) is 0.146. The van der Waals surface area contributed by atoms with Crippen LogP contribution in [0.2, 0.25) is 0 Å². The Bertz CT molecular complexity index is 1860. The monoisotopic (exact) mass is 506 g/mol. The molecule has 10 heteroatoms. The highest BCUT2D eigenvalue weighted by Gasteiger charge is 2.24. The lowest BCUT2D eigenvalue weighted by Gasteiger charge is -2.12. The molecule has 0 aliphatic heterocycles. The highest BCUT2D eigenvalue weighted by atomic mass is 16.6. The molecule has 0 aromatic heterocycles. The van der Waals surface area contributed by atoms with Crippen LogP contribution in [0.15, 0.2) is 97.1 Å². The average molecular weight is 506 g/mol. The zero-order valence-corrected chi connectivity index (χ0v) is 19.4. The fraction of sp³-hybridized carbons (Fsp3) is 0. The molecule has 0 unspecified atom stereocenters. The third kappa shape index (κ3) is 4.05. The maximum absolute atomic E-state index is 11.1. The van der Waals surface area contributed by atoms with Crippen molar-refractivity contribution in [3.8, 4) is 5.75 Å². The summed E-state index contributed by atoms with van der Waals surface area (Å²) in [5.74, 6) is -1.46. The van der Waals surface area contributed by atoms with Crippen molar-refractivity contribution in [3.05, 3.63) is 127 Å². The molecule has 0 heterocycles. The molecule has 0 spiro atoms. The molecular weight excluding hydrogens is 490 g/mol. The van der Waals surface area contributed by atoms with Crippen LogP contribution in [0, 0.1) is 30.3 Å². The number of non-ortho nitro benzene ring substituents is 1. The van der Waals surface area contributed by atoms with Crippen molar-refractivity contribution in [1.82, 2.24) is 0 Å². The molecule has 0 amide bonds. The van der Waals surface area contributed by atoms with Gasteiger partial charge >= 0.3 is 0 Å². The number of nitro benzene ring substituents is 3. The van der Waals surface area contributed by atoms with Gasteiger partial charge < -0.3 is 5.11 Å². The summed E-state index contributed by atoms with van der Waals surface area (Å²) in [7, 11) is 0. The summed E-state index contributed by atoms with van der Waals surface area (Å²) in [6.07, 6.45) is 0. The molecule has 0 aliphatic rings. The first-order chi connectivity index (χ1) is 18.3. The Labute approximate surface area is 213 Å². The summed E-state index contributed by atoms with van der Waals surface area (Å²) in [5.41, 5.74) is -3.26. The Kier molecular flexibility index (Phi) is 5.97. The van der Waals surface area contributed by atoms with E-state index in [1.54, 1.807) is 0 Å². The van der Waals surface area contributed by atoms with E-state index in [2.05, 4.69) is 84.9 Å². The molecule has 38 heavy (non-hydrogen) atoms. The molecule has 10 nitrogen and oxygen atoms in total. The molecule has 186 valence electrons. The van der Waals surface area contributed by atoms with Crippen molar-refractivity contribution in [2.24, 2.45) is 0 Å². The largest absolute Gasteiger partial charge is 0.863 e. The van der Waals surface area contributed by atoms with Crippen LogP contribution >= 0.6 is 0 Å². The second-order valence-corrected chi connectivity index (χ2v) is 8.38. The van der Waals surface area contributed by atoms with Crippen LogP contribution in [0.3, 0.4) is 0 Å². The molecule has 6 aromatic carbocycles. The SMILES string of the molecule is O=[N+]([O-])c1cc([N+](=O)[O-])c([O-])c([N+](=O)[O-])c1.c1ccc2c(c1)ccc1c3ccccc3c3ccccc3c21. The van der Waals surface area contributed by atoms with Crippen molar-refractivity contribution in [1.29, 1.82) is 0 Å². The zero-order valence-electron chi connectivity index (χ0n) is 19.4. The van der Waals surface area contributed by atoms with Gasteiger partial charge in [-0.15, -0.1) is 0 Å². The van der Waals surface area contributed by atoms with Crippen molar-refractivity contribution in [2.45, 2.75) is 0 Å². The first kappa shape index (κ1) is 24.1. The van der Waals surface area contributed by atoms with Crippen molar-refractivity contribution >= 4 is 60.2 Å². The third-order valence-corrected chi connectivity index (χ3v) is 6.27. The molecule has 0 aliphatic carbocycles. The number of hydrogen-bond acceptors (Lipinski definition) is 7. The van der Waals surface area contributed by atoms with Crippen molar-refractivity contribution < 1.29 is 19.9 Å². The maximum Gasteiger partial charge on any atom is 0.283 e. The maximum atomic E-state index is 11.1. The molecule has 0 saturated carbocycles. The van der Waals surface area contributed by atoms with E-state index in [1.807, 2.05) is 0 Å². The van der Waals surface area contributed by atoms with Gasteiger partial charge in [0, 0.05) is 0 Å². The normalized spacial score (nSPS) is 10.8. The van der Waals surface area contributed by atoms with E-state index >= 15 is 0 Å². The lowest BCUT2D eigenvalue weighted by atomic mass is 9.91. The molecule has 0 fully saturated rings. The number of fused-ring (bicyclic) bond motifs is 8. The van der Waals surface area contributed by atoms with Crippen LogP contribution in [0.1, 0.15) is 0 Å². The van der Waals surface area contributed by atoms with Gasteiger partial charge in [-0.25, -0.2) is 0 Å². The highest BCUT2D eigenvalue weighted by molar-refractivity contribution is 6.31. The average Bonchev–Trinajstić information content (AvgIpc) is 2.92. The topological polar surface area (TPSA) is 152 Å². The molecule has 0 radical (unpaired) electrons. The Morgan fingerprint density at radius 1 is 0.474 bits per heavy atom. The second-order valence-electron chi connectivity index (χ2n) is 8.38. The molecule has 6 aromatic rings. The molecule has 0 bridgehead atoms. The number of nitro groups is 3. The smallest absolute Gasteiger partial charge is 0.283 e. The summed E-state index contributed by atoms with van der Waals surface area (Å²) in [6, 6.07) is 31.4. The molecule has 0 atom stereocenters. The van der Waals surface area contributed by atoms with Crippen molar-refractivity contribution in [2.75, 3.05) is 0 Å². The van der Waals surface area contributed by atoms with Crippen LogP contribution < -0.4 is 5.11 Å². The van der Waals surface area contributed by atoms with Gasteiger partial charge in [-0.1, -0.05) is 84.9 Å². The minimum atomic E-state index is -1.46. The Morgan fingerprint density at radius 2 is 0.895 bits per heavy atom. The first-order valence-electron chi connectivity index (χ1n) is 11.3. The third-order valence-electron chi connectivity index (χ3n) is 6.27. The summed E-state index contributed by atoms with van der Waals surface area (Å²) in [5, 5.41) is 52.8. The summed E-state index contributed by atoms with van der Waals surface area (Å²) in [6.45, 7) is 0. The molecule has 0 N–H and O–H groups in total. The number of rotatable bonds is 3. The van der Waals surface area contributed by atoms with Crippen LogP contribution in [-0.2, 0) is 0 Å². The summed E-state index contributed by atoms with van der Waals surface area (Å²) in [4.78, 5) is 27.5. The van der Waals surface area contributed by atoms with E-state index in [4.69, 9.17) is 0 Å². The molecule has 0 saturated heterocycles. The first-order valence-corrected chi connectivity index (χ1v) is 11.3. The number of benzene rings is 6. The van der Waals surface area contributed by atoms with Gasteiger partial charge in [0.05, 0.1) is 32.7 Å². The Balaban J connectivity index is 0.000000165. The second kappa shape index (κ2) is 9.43. The van der Waals surface area contributed by atoms with E-state index in [1.165, 1.54) is 43.1 Å². The molecule has 6 rings (SSSR count). The van der Waals surface area contributed by atoms with Gasteiger partial charge in [-0.05, 0) is 43.1 Å². The van der Waals surface area contributed by atoms with Gasteiger partial charge in [0.2, 0.25) is 0 Å². The van der Waals surface area contributed by atoms with Gasteiger partial charge in [-0.2, -0.15) is 0 Å². The number of hydrogen-bond donors (Lipinski definition) is 0. The Morgan fingerprint density at radius 3 is 1.39 bits per heavy atom. The number of nitrogens with zero attached hydrogens (tertiary/aromatic N) is 3. The Hall–Kier alpha value is -5.64. The predicted octanol–water partition coefficient (Wildman–Crippen LogP) is 6.78. The lowest BCUT2D eigenvalue weighted by Crippen LogP contribution is -2.04. The van der Waals surface area contributed by atoms with Crippen LogP contribution in [0.5, 0.6) is 5.75 Å². The van der Waals surface area contributed by atoms with Crippen LogP contribution in [-0.4, -0.2) is 14.8 Å². The fourth-order valence-electron chi connectivity index (χ4n) is 4.64. The molecular formula is C28H16N3O7-. The van der Waals surface area contributed by atoms with Crippen molar-refractivity contribution in [3.63, 3.8) is 0 Å². The van der Waals surface area contributed by atoms with E-state index in [9.17, 15) is 35.4 Å². The summed E-state index contributed by atoms with van der Waals surface area (Å²) < 4.78 is 0. The summed E-state index contributed by atoms with van der Waals surface area (Å²) >= 11 is 0. The minimum absolute atomic E-state index is 0.384. The predicted molar refractivity (Wildman–Crippen MR) is 142 cm³/mol. The van der Waals surface area contributed by atoms with Gasteiger partial charge in [0.15, 0.2) is 0 Å². The zero-order chi connectivity index (χ0) is 27.0. The van der Waals surface area contributed by atoms with Gasteiger partial charge in [0.25, 0.3) is 17.1 Å². The van der Waals surface area contributed by atoms with E-state index < -0.39 is 37.6 Å². The van der Waals surface area contributed by atoms with E-state index in [0.717, 1.165) is 0 Å². The van der Waals surface area contributed by atoms with E-state index in [0.29, 0.717) is 12.1 Å². The van der Waals surface area contributed by atoms with Crippen LogP contribution in [0.25, 0.3) is 43.1 Å². The lowest BCUT2D eigenvalue weighted by molar-refractivity contribution is -0.420. The van der Waals surface area contributed by atoms with E-state index in [-0.39, 0.29) is 0 Å².